The smallest absolute Gasteiger partial charge is 0.149 e. The lowest BCUT2D eigenvalue weighted by Crippen LogP contribution is -1.94. The highest BCUT2D eigenvalue weighted by atomic mass is 35.5. The predicted octanol–water partition coefficient (Wildman–Crippen LogP) is 4.00. The lowest BCUT2D eigenvalue weighted by atomic mass is 10.3. The number of nitrogens with one attached hydrogen (secondary N) is 1. The van der Waals surface area contributed by atoms with Crippen molar-refractivity contribution in [2.24, 2.45) is 0 Å². The summed E-state index contributed by atoms with van der Waals surface area (Å²) in [5.74, 6) is 0.507. The quantitative estimate of drug-likeness (QED) is 0.891. The van der Waals surface area contributed by atoms with E-state index in [0.29, 0.717) is 21.4 Å². The monoisotopic (exact) mass is 263 g/mol. The standard InChI is InChI=1S/C12H7Cl2N3/c13-9-1-3-10(4-2-9)17-12-11(14)5-8(6-15)7-16-12/h1-5,7H,(H,16,17). The summed E-state index contributed by atoms with van der Waals surface area (Å²) in [5.41, 5.74) is 1.25. The molecule has 1 aromatic heterocycles. The Morgan fingerprint density at radius 3 is 2.47 bits per heavy atom. The van der Waals surface area contributed by atoms with E-state index in [-0.39, 0.29) is 0 Å². The number of nitrogens with zero attached hydrogens (tertiary/aromatic N) is 2. The summed E-state index contributed by atoms with van der Waals surface area (Å²) >= 11 is 11.8. The Labute approximate surface area is 109 Å². The molecule has 2 aromatic rings. The highest BCUT2D eigenvalue weighted by Gasteiger charge is 2.03. The number of benzene rings is 1. The zero-order valence-electron chi connectivity index (χ0n) is 8.61. The number of nitriles is 1. The first-order valence-corrected chi connectivity index (χ1v) is 5.53. The van der Waals surface area contributed by atoms with Gasteiger partial charge >= 0.3 is 0 Å². The van der Waals surface area contributed by atoms with Crippen LogP contribution in [0.2, 0.25) is 10.0 Å². The van der Waals surface area contributed by atoms with Crippen molar-refractivity contribution in [3.63, 3.8) is 0 Å². The maximum Gasteiger partial charge on any atom is 0.149 e. The van der Waals surface area contributed by atoms with Crippen LogP contribution in [0.5, 0.6) is 0 Å². The van der Waals surface area contributed by atoms with E-state index in [4.69, 9.17) is 28.5 Å². The molecule has 0 radical (unpaired) electrons. The van der Waals surface area contributed by atoms with Crippen molar-refractivity contribution in [1.82, 2.24) is 4.98 Å². The number of aromatic nitrogens is 1. The number of hydrogen-bond donors (Lipinski definition) is 1. The van der Waals surface area contributed by atoms with Crippen LogP contribution in [-0.2, 0) is 0 Å². The Kier molecular flexibility index (Phi) is 3.48. The fourth-order valence-electron chi connectivity index (χ4n) is 1.26. The van der Waals surface area contributed by atoms with Crippen molar-refractivity contribution in [3.05, 3.63) is 52.1 Å². The molecule has 0 spiro atoms. The lowest BCUT2D eigenvalue weighted by molar-refractivity contribution is 1.29. The van der Waals surface area contributed by atoms with E-state index < -0.39 is 0 Å². The minimum Gasteiger partial charge on any atom is -0.339 e. The molecule has 0 saturated carbocycles. The molecule has 0 saturated heterocycles. The SMILES string of the molecule is N#Cc1cnc(Nc2ccc(Cl)cc2)c(Cl)c1. The first kappa shape index (κ1) is 11.7. The summed E-state index contributed by atoms with van der Waals surface area (Å²) in [6, 6.07) is 10.7. The third-order valence-corrected chi connectivity index (χ3v) is 2.62. The molecular weight excluding hydrogens is 257 g/mol. The third-order valence-electron chi connectivity index (χ3n) is 2.08. The molecule has 0 aliphatic carbocycles. The van der Waals surface area contributed by atoms with Crippen molar-refractivity contribution in [2.45, 2.75) is 0 Å². The van der Waals surface area contributed by atoms with E-state index in [2.05, 4.69) is 10.3 Å². The number of hydrogen-bond acceptors (Lipinski definition) is 3. The molecule has 5 heteroatoms. The van der Waals surface area contributed by atoms with Gasteiger partial charge in [0.15, 0.2) is 0 Å². The maximum absolute atomic E-state index is 8.69. The zero-order chi connectivity index (χ0) is 12.3. The predicted molar refractivity (Wildman–Crippen MR) is 68.7 cm³/mol. The average Bonchev–Trinajstić information content (AvgIpc) is 2.34. The van der Waals surface area contributed by atoms with E-state index >= 15 is 0 Å². The van der Waals surface area contributed by atoms with Crippen molar-refractivity contribution in [2.75, 3.05) is 5.32 Å². The summed E-state index contributed by atoms with van der Waals surface area (Å²) in [4.78, 5) is 4.07. The van der Waals surface area contributed by atoms with E-state index in [0.717, 1.165) is 5.69 Å². The van der Waals surface area contributed by atoms with Crippen molar-refractivity contribution < 1.29 is 0 Å². The summed E-state index contributed by atoms with van der Waals surface area (Å²) in [5, 5.41) is 12.8. The van der Waals surface area contributed by atoms with Crippen LogP contribution in [0.4, 0.5) is 11.5 Å². The minimum atomic E-state index is 0.402. The number of rotatable bonds is 2. The molecule has 0 unspecified atom stereocenters. The summed E-state index contributed by atoms with van der Waals surface area (Å²) < 4.78 is 0. The zero-order valence-corrected chi connectivity index (χ0v) is 10.1. The Bertz CT molecular complexity index is 573. The Balaban J connectivity index is 2.25. The summed E-state index contributed by atoms with van der Waals surface area (Å²) in [6.45, 7) is 0. The van der Waals surface area contributed by atoms with Gasteiger partial charge in [0.25, 0.3) is 0 Å². The first-order valence-electron chi connectivity index (χ1n) is 4.77. The fourth-order valence-corrected chi connectivity index (χ4v) is 1.60. The van der Waals surface area contributed by atoms with Gasteiger partial charge in [-0.25, -0.2) is 4.98 Å². The average molecular weight is 264 g/mol. The van der Waals surface area contributed by atoms with Crippen LogP contribution in [0.15, 0.2) is 36.5 Å². The van der Waals surface area contributed by atoms with Crippen LogP contribution in [0.1, 0.15) is 5.56 Å². The Morgan fingerprint density at radius 1 is 1.18 bits per heavy atom. The molecule has 0 aliphatic rings. The van der Waals surface area contributed by atoms with Crippen LogP contribution in [0, 0.1) is 11.3 Å². The van der Waals surface area contributed by atoms with Crippen LogP contribution in [0.25, 0.3) is 0 Å². The number of halogens is 2. The fraction of sp³-hybridized carbons (Fsp3) is 0. The normalized spacial score (nSPS) is 9.71. The highest BCUT2D eigenvalue weighted by Crippen LogP contribution is 2.24. The van der Waals surface area contributed by atoms with Gasteiger partial charge in [0.05, 0.1) is 10.6 Å². The molecule has 0 fully saturated rings. The molecular formula is C12H7Cl2N3. The number of anilines is 2. The molecule has 0 atom stereocenters. The van der Waals surface area contributed by atoms with Gasteiger partial charge in [0, 0.05) is 16.9 Å². The van der Waals surface area contributed by atoms with E-state index in [1.165, 1.54) is 6.20 Å². The van der Waals surface area contributed by atoms with Crippen LogP contribution in [-0.4, -0.2) is 4.98 Å². The molecule has 1 N–H and O–H groups in total. The summed E-state index contributed by atoms with van der Waals surface area (Å²) in [6.07, 6.45) is 1.46. The first-order chi connectivity index (χ1) is 8.19. The van der Waals surface area contributed by atoms with Crippen LogP contribution in [0.3, 0.4) is 0 Å². The van der Waals surface area contributed by atoms with Gasteiger partial charge in [-0.15, -0.1) is 0 Å². The topological polar surface area (TPSA) is 48.7 Å². The van der Waals surface area contributed by atoms with Gasteiger partial charge in [-0.3, -0.25) is 0 Å². The van der Waals surface area contributed by atoms with Gasteiger partial charge in [0.2, 0.25) is 0 Å². The highest BCUT2D eigenvalue weighted by molar-refractivity contribution is 6.33. The van der Waals surface area contributed by atoms with Gasteiger partial charge in [-0.2, -0.15) is 5.26 Å². The van der Waals surface area contributed by atoms with Crippen molar-refractivity contribution in [1.29, 1.82) is 5.26 Å². The second-order valence-electron chi connectivity index (χ2n) is 3.30. The lowest BCUT2D eigenvalue weighted by Gasteiger charge is -2.07. The van der Waals surface area contributed by atoms with Gasteiger partial charge in [-0.1, -0.05) is 23.2 Å². The van der Waals surface area contributed by atoms with Gasteiger partial charge in [0.1, 0.15) is 11.9 Å². The van der Waals surface area contributed by atoms with Crippen molar-refractivity contribution in [3.8, 4) is 6.07 Å². The second-order valence-corrected chi connectivity index (χ2v) is 4.14. The molecule has 84 valence electrons. The molecule has 1 heterocycles. The molecule has 0 amide bonds. The maximum atomic E-state index is 8.69. The molecule has 0 aliphatic heterocycles. The molecule has 2 rings (SSSR count). The third kappa shape index (κ3) is 2.88. The van der Waals surface area contributed by atoms with E-state index in [1.807, 2.05) is 18.2 Å². The van der Waals surface area contributed by atoms with Gasteiger partial charge in [-0.05, 0) is 30.3 Å². The minimum absolute atomic E-state index is 0.402. The van der Waals surface area contributed by atoms with Crippen LogP contribution >= 0.6 is 23.2 Å². The second kappa shape index (κ2) is 5.05. The largest absolute Gasteiger partial charge is 0.339 e. The Morgan fingerprint density at radius 2 is 1.88 bits per heavy atom. The Hall–Kier alpha value is -1.76. The molecule has 0 bridgehead atoms. The molecule has 1 aromatic carbocycles. The molecule has 3 nitrogen and oxygen atoms in total. The van der Waals surface area contributed by atoms with E-state index in [1.54, 1.807) is 18.2 Å². The molecule has 17 heavy (non-hydrogen) atoms. The van der Waals surface area contributed by atoms with Crippen LogP contribution < -0.4 is 5.32 Å². The van der Waals surface area contributed by atoms with Crippen molar-refractivity contribution >= 4 is 34.7 Å². The number of pyridine rings is 1. The van der Waals surface area contributed by atoms with Gasteiger partial charge < -0.3 is 5.32 Å². The summed E-state index contributed by atoms with van der Waals surface area (Å²) in [7, 11) is 0. The van der Waals surface area contributed by atoms with E-state index in [9.17, 15) is 0 Å².